The van der Waals surface area contributed by atoms with Crippen molar-refractivity contribution in [2.75, 3.05) is 26.7 Å². The van der Waals surface area contributed by atoms with Crippen LogP contribution in [0.5, 0.6) is 0 Å². The molecule has 0 unspecified atom stereocenters. The number of nitrogens with zero attached hydrogens (tertiary/aromatic N) is 2. The Hall–Kier alpha value is -2.08. The van der Waals surface area contributed by atoms with Crippen molar-refractivity contribution >= 4 is 11.9 Å². The van der Waals surface area contributed by atoms with Gasteiger partial charge in [-0.05, 0) is 45.0 Å². The first kappa shape index (κ1) is 22.0. The Labute approximate surface area is 158 Å². The summed E-state index contributed by atoms with van der Waals surface area (Å²) in [4.78, 5) is 18.5. The Morgan fingerprint density at radius 1 is 1.08 bits per heavy atom. The summed E-state index contributed by atoms with van der Waals surface area (Å²) in [6.07, 6.45) is 0. The number of hydrogen-bond donors (Lipinski definition) is 3. The Bertz CT molecular complexity index is 588. The average Bonchev–Trinajstić information content (AvgIpc) is 2.59. The molecule has 1 aromatic carbocycles. The number of benzene rings is 1. The highest BCUT2D eigenvalue weighted by Crippen LogP contribution is 2.11. The molecule has 0 bridgehead atoms. The van der Waals surface area contributed by atoms with Gasteiger partial charge in [-0.1, -0.05) is 38.1 Å². The van der Waals surface area contributed by atoms with Crippen LogP contribution in [0.15, 0.2) is 29.3 Å². The third-order valence-corrected chi connectivity index (χ3v) is 4.01. The molecule has 146 valence electrons. The minimum Gasteiger partial charge on any atom is -0.352 e. The van der Waals surface area contributed by atoms with Crippen molar-refractivity contribution in [3.05, 3.63) is 35.4 Å². The Balaban J connectivity index is 2.60. The van der Waals surface area contributed by atoms with Gasteiger partial charge < -0.3 is 16.0 Å². The minimum atomic E-state index is -0.237. The van der Waals surface area contributed by atoms with Gasteiger partial charge in [-0.15, -0.1) is 0 Å². The van der Waals surface area contributed by atoms with Crippen molar-refractivity contribution < 1.29 is 4.79 Å². The molecule has 6 nitrogen and oxygen atoms in total. The van der Waals surface area contributed by atoms with Crippen molar-refractivity contribution in [2.24, 2.45) is 4.99 Å². The summed E-state index contributed by atoms with van der Waals surface area (Å²) in [6, 6.07) is 8.43. The number of carbonyl (C=O) groups excluding carboxylic acids is 1. The highest BCUT2D eigenvalue weighted by Gasteiger charge is 2.14. The zero-order valence-corrected chi connectivity index (χ0v) is 17.1. The average molecular weight is 362 g/mol. The number of carbonyl (C=O) groups is 1. The van der Waals surface area contributed by atoms with E-state index in [4.69, 9.17) is 0 Å². The molecule has 26 heavy (non-hydrogen) atoms. The summed E-state index contributed by atoms with van der Waals surface area (Å²) in [5, 5.41) is 9.28. The molecule has 0 aliphatic rings. The van der Waals surface area contributed by atoms with Gasteiger partial charge in [0.25, 0.3) is 0 Å². The van der Waals surface area contributed by atoms with E-state index in [-0.39, 0.29) is 18.0 Å². The molecule has 0 aliphatic heterocycles. The zero-order chi connectivity index (χ0) is 19.6. The number of guanidine groups is 1. The Morgan fingerprint density at radius 3 is 2.23 bits per heavy atom. The smallest absolute Gasteiger partial charge is 0.239 e. The number of amides is 1. The second kappa shape index (κ2) is 10.8. The van der Waals surface area contributed by atoms with E-state index < -0.39 is 0 Å². The van der Waals surface area contributed by atoms with Crippen molar-refractivity contribution in [2.45, 2.75) is 53.2 Å². The predicted octanol–water partition coefficient (Wildman–Crippen LogP) is 2.11. The maximum absolute atomic E-state index is 11.9. The number of nitrogens with one attached hydrogen (secondary N) is 3. The molecule has 0 fully saturated rings. The van der Waals surface area contributed by atoms with Crippen LogP contribution in [0, 0.1) is 0 Å². The van der Waals surface area contributed by atoms with E-state index in [9.17, 15) is 4.79 Å². The van der Waals surface area contributed by atoms with Crippen molar-refractivity contribution in [1.82, 2.24) is 20.9 Å². The van der Waals surface area contributed by atoms with Gasteiger partial charge in [0.1, 0.15) is 0 Å². The first-order chi connectivity index (χ1) is 12.3. The third kappa shape index (κ3) is 8.34. The highest BCUT2D eigenvalue weighted by molar-refractivity contribution is 5.86. The van der Waals surface area contributed by atoms with Gasteiger partial charge >= 0.3 is 0 Å². The Morgan fingerprint density at radius 2 is 1.69 bits per heavy atom. The lowest BCUT2D eigenvalue weighted by Crippen LogP contribution is -2.48. The van der Waals surface area contributed by atoms with E-state index in [1.807, 2.05) is 20.8 Å². The fourth-order valence-electron chi connectivity index (χ4n) is 2.60. The predicted molar refractivity (Wildman–Crippen MR) is 109 cm³/mol. The van der Waals surface area contributed by atoms with Gasteiger partial charge in [-0.2, -0.15) is 0 Å². The molecule has 0 atom stereocenters. The molecular formula is C20H35N5O. The van der Waals surface area contributed by atoms with Crippen LogP contribution in [-0.4, -0.2) is 49.0 Å². The van der Waals surface area contributed by atoms with E-state index in [1.165, 1.54) is 11.1 Å². The molecule has 0 saturated carbocycles. The van der Waals surface area contributed by atoms with Crippen LogP contribution in [0.1, 0.15) is 45.7 Å². The van der Waals surface area contributed by atoms with E-state index >= 15 is 0 Å². The molecule has 3 N–H and O–H groups in total. The zero-order valence-electron chi connectivity index (χ0n) is 17.1. The lowest BCUT2D eigenvalue weighted by atomic mass is 10.1. The van der Waals surface area contributed by atoms with Gasteiger partial charge in [-0.3, -0.25) is 14.7 Å². The van der Waals surface area contributed by atoms with Crippen molar-refractivity contribution in [3.63, 3.8) is 0 Å². The van der Waals surface area contributed by atoms with Crippen molar-refractivity contribution in [3.8, 4) is 0 Å². The molecule has 0 heterocycles. The monoisotopic (exact) mass is 361 g/mol. The molecule has 1 aromatic rings. The summed E-state index contributed by atoms with van der Waals surface area (Å²) in [5.41, 5.74) is 2.31. The van der Waals surface area contributed by atoms with Gasteiger partial charge in [0, 0.05) is 25.7 Å². The summed E-state index contributed by atoms with van der Waals surface area (Å²) < 4.78 is 0. The van der Waals surface area contributed by atoms with Crippen LogP contribution in [0.4, 0.5) is 0 Å². The van der Waals surface area contributed by atoms with Gasteiger partial charge in [-0.25, -0.2) is 0 Å². The van der Waals surface area contributed by atoms with Crippen LogP contribution >= 0.6 is 0 Å². The Kier molecular flexibility index (Phi) is 9.13. The van der Waals surface area contributed by atoms with Crippen LogP contribution in [0.25, 0.3) is 0 Å². The maximum atomic E-state index is 11.9. The summed E-state index contributed by atoms with van der Waals surface area (Å²) in [7, 11) is 1.71. The van der Waals surface area contributed by atoms with Crippen LogP contribution < -0.4 is 16.0 Å². The van der Waals surface area contributed by atoms with E-state index in [0.717, 1.165) is 19.6 Å². The van der Waals surface area contributed by atoms with E-state index in [1.54, 1.807) is 7.05 Å². The lowest BCUT2D eigenvalue weighted by Gasteiger charge is -2.22. The van der Waals surface area contributed by atoms with Gasteiger partial charge in [0.15, 0.2) is 5.96 Å². The maximum Gasteiger partial charge on any atom is 0.239 e. The van der Waals surface area contributed by atoms with E-state index in [2.05, 4.69) is 64.0 Å². The molecule has 1 amide bonds. The fourth-order valence-corrected chi connectivity index (χ4v) is 2.60. The summed E-state index contributed by atoms with van der Waals surface area (Å²) >= 11 is 0. The second-order valence-electron chi connectivity index (χ2n) is 7.31. The molecule has 0 saturated heterocycles. The van der Waals surface area contributed by atoms with E-state index in [0.29, 0.717) is 12.5 Å². The van der Waals surface area contributed by atoms with Gasteiger partial charge in [0.2, 0.25) is 5.91 Å². The second-order valence-corrected chi connectivity index (χ2v) is 7.31. The normalized spacial score (nSPS) is 12.2. The molecule has 0 spiro atoms. The van der Waals surface area contributed by atoms with Crippen LogP contribution in [0.3, 0.4) is 0 Å². The quantitative estimate of drug-likeness (QED) is 0.490. The molecule has 1 rings (SSSR count). The largest absolute Gasteiger partial charge is 0.352 e. The third-order valence-electron chi connectivity index (χ3n) is 4.01. The fraction of sp³-hybridized carbons (Fsp3) is 0.600. The SMILES string of the molecule is CCN(CC)Cc1ccccc1CNC(=NC)NCC(=O)NC(C)(C)C. The molecule has 0 radical (unpaired) electrons. The first-order valence-corrected chi connectivity index (χ1v) is 9.33. The molecule has 0 aliphatic carbocycles. The van der Waals surface area contributed by atoms with Crippen molar-refractivity contribution in [1.29, 1.82) is 0 Å². The minimum absolute atomic E-state index is 0.0533. The number of aliphatic imine (C=N–C) groups is 1. The highest BCUT2D eigenvalue weighted by atomic mass is 16.2. The lowest BCUT2D eigenvalue weighted by molar-refractivity contribution is -0.121. The molecular weight excluding hydrogens is 326 g/mol. The summed E-state index contributed by atoms with van der Waals surface area (Å²) in [5.74, 6) is 0.564. The standard InChI is InChI=1S/C20H35N5O/c1-7-25(8-2)15-17-12-10-9-11-16(17)13-22-19(21-6)23-14-18(26)24-20(3,4)5/h9-12H,7-8,13-15H2,1-6H3,(H,24,26)(H2,21,22,23). The summed E-state index contributed by atoms with van der Waals surface area (Å²) in [6.45, 7) is 14.1. The first-order valence-electron chi connectivity index (χ1n) is 9.33. The molecule has 6 heteroatoms. The van der Waals surface area contributed by atoms with Crippen LogP contribution in [0.2, 0.25) is 0 Å². The number of rotatable bonds is 8. The van der Waals surface area contributed by atoms with Crippen LogP contribution in [-0.2, 0) is 17.9 Å². The molecule has 0 aromatic heterocycles. The van der Waals surface area contributed by atoms with Gasteiger partial charge in [0.05, 0.1) is 6.54 Å². The number of hydrogen-bond acceptors (Lipinski definition) is 3. The topological polar surface area (TPSA) is 68.8 Å².